The first-order valence-corrected chi connectivity index (χ1v) is 9.82. The molecule has 31 heavy (non-hydrogen) atoms. The van der Waals surface area contributed by atoms with Gasteiger partial charge < -0.3 is 19.9 Å². The lowest BCUT2D eigenvalue weighted by molar-refractivity contribution is -0.146. The Hall–Kier alpha value is -3.87. The van der Waals surface area contributed by atoms with E-state index in [1.165, 1.54) is 19.4 Å². The lowest BCUT2D eigenvalue weighted by atomic mass is 10.0. The number of aromatic nitrogens is 1. The number of esters is 1. The minimum Gasteiger partial charge on any atom is -0.503 e. The van der Waals surface area contributed by atoms with Crippen LogP contribution in [0.25, 0.3) is 11.1 Å². The largest absolute Gasteiger partial charge is 0.503 e. The third-order valence-electron chi connectivity index (χ3n) is 4.63. The minimum absolute atomic E-state index is 0.120. The Morgan fingerprint density at radius 3 is 2.39 bits per heavy atom. The van der Waals surface area contributed by atoms with Crippen molar-refractivity contribution in [3.05, 3.63) is 78.1 Å². The van der Waals surface area contributed by atoms with E-state index in [-0.39, 0.29) is 29.8 Å². The number of hydrogen-bond acceptors (Lipinski definition) is 6. The van der Waals surface area contributed by atoms with E-state index >= 15 is 0 Å². The molecule has 160 valence electrons. The zero-order chi connectivity index (χ0) is 22.2. The van der Waals surface area contributed by atoms with Gasteiger partial charge in [0.05, 0.1) is 7.11 Å². The molecule has 0 fully saturated rings. The van der Waals surface area contributed by atoms with E-state index < -0.39 is 11.9 Å². The number of carbonyl (C=O) groups is 2. The van der Waals surface area contributed by atoms with Crippen LogP contribution in [-0.4, -0.2) is 41.7 Å². The molecule has 1 aromatic heterocycles. The van der Waals surface area contributed by atoms with E-state index in [0.717, 1.165) is 16.7 Å². The molecular weight excluding hydrogens is 396 g/mol. The van der Waals surface area contributed by atoms with Gasteiger partial charge in [-0.3, -0.25) is 9.59 Å². The predicted molar refractivity (Wildman–Crippen MR) is 116 cm³/mol. The average Bonchev–Trinajstić information content (AvgIpc) is 2.78. The van der Waals surface area contributed by atoms with Gasteiger partial charge in [0.25, 0.3) is 5.91 Å². The summed E-state index contributed by atoms with van der Waals surface area (Å²) in [5.41, 5.74) is 3.07. The van der Waals surface area contributed by atoms with Crippen molar-refractivity contribution in [2.45, 2.75) is 19.4 Å². The molecule has 0 spiro atoms. The van der Waals surface area contributed by atoms with E-state index in [4.69, 9.17) is 9.47 Å². The average molecular weight is 420 g/mol. The fraction of sp³-hybridized carbons (Fsp3) is 0.208. The fourth-order valence-corrected chi connectivity index (χ4v) is 3.11. The second-order valence-electron chi connectivity index (χ2n) is 6.96. The summed E-state index contributed by atoms with van der Waals surface area (Å²) < 4.78 is 10.3. The number of hydrogen-bond donors (Lipinski definition) is 2. The standard InChI is InChI=1S/C24H24N2O5/c1-16(14-17-8-10-19(11-9-17)18-6-4-3-5-7-18)31-21(27)15-26-24(29)22-23(28)20(30-2)12-13-25-22/h3-13,16,28H,14-15H2,1-2H3,(H,26,29). The highest BCUT2D eigenvalue weighted by molar-refractivity contribution is 5.97. The van der Waals surface area contributed by atoms with Gasteiger partial charge in [0.2, 0.25) is 0 Å². The van der Waals surface area contributed by atoms with E-state index in [9.17, 15) is 14.7 Å². The van der Waals surface area contributed by atoms with Crippen LogP contribution in [0.4, 0.5) is 0 Å². The summed E-state index contributed by atoms with van der Waals surface area (Å²) in [5.74, 6) is -1.54. The first-order valence-electron chi connectivity index (χ1n) is 9.82. The summed E-state index contributed by atoms with van der Waals surface area (Å²) in [7, 11) is 1.37. The van der Waals surface area contributed by atoms with Gasteiger partial charge in [-0.05, 0) is 23.6 Å². The summed E-state index contributed by atoms with van der Waals surface area (Å²) in [6.45, 7) is 1.45. The van der Waals surface area contributed by atoms with E-state index in [1.807, 2.05) is 42.5 Å². The normalized spacial score (nSPS) is 11.4. The zero-order valence-corrected chi connectivity index (χ0v) is 17.4. The van der Waals surface area contributed by atoms with Crippen LogP contribution < -0.4 is 10.1 Å². The molecule has 0 radical (unpaired) electrons. The van der Waals surface area contributed by atoms with Gasteiger partial charge in [-0.2, -0.15) is 0 Å². The SMILES string of the molecule is COc1ccnc(C(=O)NCC(=O)OC(C)Cc2ccc(-c3ccccc3)cc2)c1O. The molecule has 1 amide bonds. The fourth-order valence-electron chi connectivity index (χ4n) is 3.11. The molecule has 7 nitrogen and oxygen atoms in total. The van der Waals surface area contributed by atoms with Crippen molar-refractivity contribution in [2.75, 3.05) is 13.7 Å². The summed E-state index contributed by atoms with van der Waals surface area (Å²) in [4.78, 5) is 28.1. The molecule has 0 saturated heterocycles. The molecular formula is C24H24N2O5. The zero-order valence-electron chi connectivity index (χ0n) is 17.4. The molecule has 0 aliphatic carbocycles. The topological polar surface area (TPSA) is 97.8 Å². The summed E-state index contributed by atoms with van der Waals surface area (Å²) in [6.07, 6.45) is 1.51. The van der Waals surface area contributed by atoms with Crippen LogP contribution in [0.2, 0.25) is 0 Å². The Balaban J connectivity index is 1.49. The molecule has 3 aromatic rings. The van der Waals surface area contributed by atoms with Crippen LogP contribution in [0.5, 0.6) is 11.5 Å². The van der Waals surface area contributed by atoms with Crippen molar-refractivity contribution in [1.82, 2.24) is 10.3 Å². The smallest absolute Gasteiger partial charge is 0.325 e. The van der Waals surface area contributed by atoms with E-state index in [0.29, 0.717) is 6.42 Å². The maximum Gasteiger partial charge on any atom is 0.325 e. The lowest BCUT2D eigenvalue weighted by Crippen LogP contribution is -2.33. The van der Waals surface area contributed by atoms with E-state index in [1.54, 1.807) is 6.92 Å². The molecule has 0 aliphatic heterocycles. The summed E-state index contributed by atoms with van der Waals surface area (Å²) >= 11 is 0. The molecule has 7 heteroatoms. The third-order valence-corrected chi connectivity index (χ3v) is 4.63. The molecule has 0 aliphatic rings. The number of aromatic hydroxyl groups is 1. The quantitative estimate of drug-likeness (QED) is 0.542. The number of rotatable bonds is 8. The molecule has 1 heterocycles. The van der Waals surface area contributed by atoms with Gasteiger partial charge in [0.1, 0.15) is 12.6 Å². The molecule has 0 saturated carbocycles. The number of nitrogens with one attached hydrogen (secondary N) is 1. The van der Waals surface area contributed by atoms with Crippen molar-refractivity contribution in [3.8, 4) is 22.6 Å². The number of nitrogens with zero attached hydrogens (tertiary/aromatic N) is 1. The Bertz CT molecular complexity index is 1040. The van der Waals surface area contributed by atoms with Gasteiger partial charge in [-0.25, -0.2) is 4.98 Å². The number of pyridine rings is 1. The van der Waals surface area contributed by atoms with Gasteiger partial charge >= 0.3 is 5.97 Å². The van der Waals surface area contributed by atoms with Gasteiger partial charge in [0, 0.05) is 18.7 Å². The lowest BCUT2D eigenvalue weighted by Gasteiger charge is -2.14. The number of ether oxygens (including phenoxy) is 2. The van der Waals surface area contributed by atoms with Gasteiger partial charge in [-0.1, -0.05) is 54.6 Å². The molecule has 2 aromatic carbocycles. The van der Waals surface area contributed by atoms with Crippen molar-refractivity contribution in [1.29, 1.82) is 0 Å². The molecule has 2 N–H and O–H groups in total. The van der Waals surface area contributed by atoms with Crippen molar-refractivity contribution in [3.63, 3.8) is 0 Å². The molecule has 1 atom stereocenters. The predicted octanol–water partition coefficient (Wildman–Crippen LogP) is 3.37. The summed E-state index contributed by atoms with van der Waals surface area (Å²) in [5, 5.41) is 12.4. The number of methoxy groups -OCH3 is 1. The Labute approximate surface area is 180 Å². The first-order chi connectivity index (χ1) is 15.0. The highest BCUT2D eigenvalue weighted by Gasteiger charge is 2.18. The Morgan fingerprint density at radius 1 is 1.03 bits per heavy atom. The second kappa shape index (κ2) is 10.2. The van der Waals surface area contributed by atoms with E-state index in [2.05, 4.69) is 22.4 Å². The molecule has 1 unspecified atom stereocenters. The summed E-state index contributed by atoms with van der Waals surface area (Å²) in [6, 6.07) is 19.6. The maximum absolute atomic E-state index is 12.2. The van der Waals surface area contributed by atoms with Crippen molar-refractivity contribution < 1.29 is 24.2 Å². The van der Waals surface area contributed by atoms with Crippen LogP contribution in [-0.2, 0) is 16.0 Å². The Kier molecular flexibility index (Phi) is 7.22. The van der Waals surface area contributed by atoms with Crippen LogP contribution in [0, 0.1) is 0 Å². The highest BCUT2D eigenvalue weighted by atomic mass is 16.5. The highest BCUT2D eigenvalue weighted by Crippen LogP contribution is 2.27. The van der Waals surface area contributed by atoms with Crippen LogP contribution >= 0.6 is 0 Å². The Morgan fingerprint density at radius 2 is 1.71 bits per heavy atom. The van der Waals surface area contributed by atoms with Gasteiger partial charge in [0.15, 0.2) is 17.2 Å². The first kappa shape index (κ1) is 21.8. The van der Waals surface area contributed by atoms with Crippen LogP contribution in [0.15, 0.2) is 66.9 Å². The number of amides is 1. The van der Waals surface area contributed by atoms with Gasteiger partial charge in [-0.15, -0.1) is 0 Å². The minimum atomic E-state index is -0.697. The monoisotopic (exact) mass is 420 g/mol. The third kappa shape index (κ3) is 5.82. The molecule has 0 bridgehead atoms. The van der Waals surface area contributed by atoms with Crippen molar-refractivity contribution >= 4 is 11.9 Å². The number of benzene rings is 2. The van der Waals surface area contributed by atoms with Crippen LogP contribution in [0.1, 0.15) is 23.0 Å². The second-order valence-corrected chi connectivity index (χ2v) is 6.96. The van der Waals surface area contributed by atoms with Crippen LogP contribution in [0.3, 0.4) is 0 Å². The molecule has 3 rings (SSSR count). The number of carbonyl (C=O) groups excluding carboxylic acids is 2. The maximum atomic E-state index is 12.2. The van der Waals surface area contributed by atoms with Crippen molar-refractivity contribution in [2.24, 2.45) is 0 Å².